The third-order valence-electron chi connectivity index (χ3n) is 5.58. The topological polar surface area (TPSA) is 109 Å². The zero-order chi connectivity index (χ0) is 23.4. The van der Waals surface area contributed by atoms with Gasteiger partial charge >= 0.3 is 0 Å². The van der Waals surface area contributed by atoms with Crippen LogP contribution in [0.5, 0.6) is 0 Å². The Morgan fingerprint density at radius 2 is 1.91 bits per heavy atom. The van der Waals surface area contributed by atoms with E-state index in [1.807, 2.05) is 0 Å². The average Bonchev–Trinajstić information content (AvgIpc) is 3.49. The molecule has 8 nitrogen and oxygen atoms in total. The summed E-state index contributed by atoms with van der Waals surface area (Å²) in [6.45, 7) is 2.43. The number of carbonyl (C=O) groups excluding carboxylic acids is 2. The molecule has 2 aromatic carbocycles. The van der Waals surface area contributed by atoms with Crippen LogP contribution in [0.3, 0.4) is 0 Å². The molecular weight excluding hydrogens is 442 g/mol. The van der Waals surface area contributed by atoms with Gasteiger partial charge in [0.05, 0.1) is 17.7 Å². The molecule has 1 atom stereocenters. The molecule has 2 amide bonds. The maximum absolute atomic E-state index is 13.2. The van der Waals surface area contributed by atoms with Crippen LogP contribution in [0.4, 0.5) is 5.69 Å². The van der Waals surface area contributed by atoms with Gasteiger partial charge < -0.3 is 14.6 Å². The van der Waals surface area contributed by atoms with Crippen molar-refractivity contribution in [2.75, 3.05) is 11.3 Å². The van der Waals surface area contributed by atoms with E-state index in [0.717, 1.165) is 0 Å². The van der Waals surface area contributed by atoms with Crippen LogP contribution in [0.25, 0.3) is 0 Å². The molecule has 1 fully saturated rings. The second-order valence-electron chi connectivity index (χ2n) is 7.91. The van der Waals surface area contributed by atoms with Gasteiger partial charge in [0.15, 0.2) is 0 Å². The minimum absolute atomic E-state index is 0.176. The van der Waals surface area contributed by atoms with E-state index in [4.69, 9.17) is 4.42 Å². The van der Waals surface area contributed by atoms with Crippen LogP contribution >= 0.6 is 0 Å². The second kappa shape index (κ2) is 9.50. The summed E-state index contributed by atoms with van der Waals surface area (Å²) in [7, 11) is -3.81. The lowest BCUT2D eigenvalue weighted by molar-refractivity contribution is -0.125. The Hall–Kier alpha value is -3.59. The van der Waals surface area contributed by atoms with Gasteiger partial charge in [-0.25, -0.2) is 8.42 Å². The average molecular weight is 468 g/mol. The summed E-state index contributed by atoms with van der Waals surface area (Å²) in [5.41, 5.74) is 1.21. The Morgan fingerprint density at radius 1 is 1.09 bits per heavy atom. The van der Waals surface area contributed by atoms with Crippen molar-refractivity contribution in [2.45, 2.75) is 37.2 Å². The highest BCUT2D eigenvalue weighted by molar-refractivity contribution is 7.92. The lowest BCUT2D eigenvalue weighted by atomic mass is 10.1. The van der Waals surface area contributed by atoms with Crippen molar-refractivity contribution < 1.29 is 22.4 Å². The Kier molecular flexibility index (Phi) is 6.50. The Balaban J connectivity index is 1.47. The molecule has 0 spiro atoms. The highest BCUT2D eigenvalue weighted by Gasteiger charge is 2.34. The number of likely N-dealkylation sites (tertiary alicyclic amines) is 1. The lowest BCUT2D eigenvalue weighted by Gasteiger charge is -2.24. The highest BCUT2D eigenvalue weighted by atomic mass is 32.2. The Bertz CT molecular complexity index is 1250. The smallest absolute Gasteiger partial charge is 0.262 e. The van der Waals surface area contributed by atoms with Gasteiger partial charge in [-0.15, -0.1) is 0 Å². The van der Waals surface area contributed by atoms with Crippen LogP contribution in [0.2, 0.25) is 0 Å². The second-order valence-corrected chi connectivity index (χ2v) is 9.56. The maximum atomic E-state index is 13.2. The molecule has 2 heterocycles. The number of anilines is 1. The molecule has 0 bridgehead atoms. The van der Waals surface area contributed by atoms with E-state index in [1.165, 1.54) is 23.3 Å². The van der Waals surface area contributed by atoms with Crippen molar-refractivity contribution in [1.29, 1.82) is 0 Å². The molecule has 1 aliphatic rings. The number of hydrogen-bond acceptors (Lipinski definition) is 5. The summed E-state index contributed by atoms with van der Waals surface area (Å²) < 4.78 is 33.4. The molecule has 0 saturated carbocycles. The molecule has 1 unspecified atom stereocenters. The Labute approximate surface area is 192 Å². The predicted octanol–water partition coefficient (Wildman–Crippen LogP) is 3.31. The van der Waals surface area contributed by atoms with Crippen LogP contribution in [0, 0.1) is 6.92 Å². The summed E-state index contributed by atoms with van der Waals surface area (Å²) in [6, 6.07) is 15.9. The van der Waals surface area contributed by atoms with Crippen LogP contribution < -0.4 is 10.0 Å². The molecule has 3 aromatic rings. The van der Waals surface area contributed by atoms with E-state index in [1.54, 1.807) is 55.5 Å². The van der Waals surface area contributed by atoms with Gasteiger partial charge in [0.25, 0.3) is 15.9 Å². The number of rotatable bonds is 7. The van der Waals surface area contributed by atoms with E-state index in [-0.39, 0.29) is 28.9 Å². The predicted molar refractivity (Wildman–Crippen MR) is 123 cm³/mol. The van der Waals surface area contributed by atoms with Crippen LogP contribution in [0.1, 0.15) is 34.5 Å². The fourth-order valence-electron chi connectivity index (χ4n) is 3.94. The van der Waals surface area contributed by atoms with E-state index in [2.05, 4.69) is 10.0 Å². The molecule has 33 heavy (non-hydrogen) atoms. The molecular formula is C24H25N3O5S. The van der Waals surface area contributed by atoms with Gasteiger partial charge in [-0.05, 0) is 61.7 Å². The van der Waals surface area contributed by atoms with Gasteiger partial charge in [-0.1, -0.05) is 24.3 Å². The Morgan fingerprint density at radius 3 is 2.67 bits per heavy atom. The van der Waals surface area contributed by atoms with Crippen molar-refractivity contribution in [3.05, 3.63) is 83.8 Å². The molecule has 2 N–H and O–H groups in total. The summed E-state index contributed by atoms with van der Waals surface area (Å²) in [4.78, 5) is 27.6. The van der Waals surface area contributed by atoms with Crippen molar-refractivity contribution in [3.63, 3.8) is 0 Å². The maximum Gasteiger partial charge on any atom is 0.262 e. The molecule has 0 radical (unpaired) electrons. The monoisotopic (exact) mass is 467 g/mol. The van der Waals surface area contributed by atoms with Crippen LogP contribution in [-0.2, 0) is 21.4 Å². The summed E-state index contributed by atoms with van der Waals surface area (Å²) >= 11 is 0. The first-order valence-corrected chi connectivity index (χ1v) is 12.1. The fraction of sp³-hybridized carbons (Fsp3) is 0.250. The lowest BCUT2D eigenvalue weighted by Crippen LogP contribution is -2.45. The van der Waals surface area contributed by atoms with E-state index in [9.17, 15) is 18.0 Å². The first-order chi connectivity index (χ1) is 15.8. The number of aryl methyl sites for hydroxylation is 1. The van der Waals surface area contributed by atoms with Crippen molar-refractivity contribution in [1.82, 2.24) is 10.2 Å². The van der Waals surface area contributed by atoms with E-state index >= 15 is 0 Å². The molecule has 1 aliphatic heterocycles. The van der Waals surface area contributed by atoms with Crippen molar-refractivity contribution >= 4 is 27.5 Å². The normalized spacial score (nSPS) is 15.9. The van der Waals surface area contributed by atoms with Crippen LogP contribution in [0.15, 0.2) is 76.2 Å². The number of nitrogens with zero attached hydrogens (tertiary/aromatic N) is 1. The number of amides is 2. The first-order valence-electron chi connectivity index (χ1n) is 10.6. The first kappa shape index (κ1) is 22.6. The van der Waals surface area contributed by atoms with Gasteiger partial charge in [0.2, 0.25) is 5.91 Å². The molecule has 4 rings (SSSR count). The summed E-state index contributed by atoms with van der Waals surface area (Å²) in [5, 5.41) is 2.81. The minimum Gasteiger partial charge on any atom is -0.467 e. The minimum atomic E-state index is -3.81. The van der Waals surface area contributed by atoms with Crippen molar-refractivity contribution in [3.8, 4) is 0 Å². The van der Waals surface area contributed by atoms with E-state index in [0.29, 0.717) is 36.3 Å². The zero-order valence-corrected chi connectivity index (χ0v) is 19.0. The highest BCUT2D eigenvalue weighted by Crippen LogP contribution is 2.24. The van der Waals surface area contributed by atoms with Gasteiger partial charge in [0, 0.05) is 17.8 Å². The van der Waals surface area contributed by atoms with Gasteiger partial charge in [-0.3, -0.25) is 14.3 Å². The third kappa shape index (κ3) is 5.09. The SMILES string of the molecule is Cc1ccccc1S(=O)(=O)Nc1cccc(C(=O)N2CCCC2C(=O)NCc2ccco2)c1. The number of benzene rings is 2. The third-order valence-corrected chi connectivity index (χ3v) is 7.12. The van der Waals surface area contributed by atoms with Gasteiger partial charge in [0.1, 0.15) is 11.8 Å². The fourth-order valence-corrected chi connectivity index (χ4v) is 5.23. The zero-order valence-electron chi connectivity index (χ0n) is 18.2. The number of nitrogens with one attached hydrogen (secondary N) is 2. The molecule has 172 valence electrons. The summed E-state index contributed by atoms with van der Waals surface area (Å²) in [5.74, 6) is 0.0732. The van der Waals surface area contributed by atoms with Crippen LogP contribution in [-0.4, -0.2) is 37.7 Å². The molecule has 0 aliphatic carbocycles. The number of carbonyl (C=O) groups is 2. The number of hydrogen-bond donors (Lipinski definition) is 2. The quantitative estimate of drug-likeness (QED) is 0.554. The van der Waals surface area contributed by atoms with Gasteiger partial charge in [-0.2, -0.15) is 0 Å². The standard InChI is InChI=1S/C24H25N3O5S/c1-17-7-2-3-12-22(17)33(30,31)26-19-9-4-8-18(15-19)24(29)27-13-5-11-21(27)23(28)25-16-20-10-6-14-32-20/h2-4,6-10,12,14-15,21,26H,5,11,13,16H2,1H3,(H,25,28). The molecule has 9 heteroatoms. The molecule has 1 aromatic heterocycles. The summed E-state index contributed by atoms with van der Waals surface area (Å²) in [6.07, 6.45) is 2.81. The number of sulfonamides is 1. The molecule has 1 saturated heterocycles. The largest absolute Gasteiger partial charge is 0.467 e. The van der Waals surface area contributed by atoms with E-state index < -0.39 is 16.1 Å². The van der Waals surface area contributed by atoms with Crippen molar-refractivity contribution in [2.24, 2.45) is 0 Å². The number of furan rings is 1.